The largest absolute Gasteiger partial charge is 0.326 e. The van der Waals surface area contributed by atoms with Crippen LogP contribution in [-0.2, 0) is 11.3 Å². The van der Waals surface area contributed by atoms with Crippen LogP contribution in [0.4, 0.5) is 10.1 Å². The number of nitrogens with one attached hydrogen (secondary N) is 1. The van der Waals surface area contributed by atoms with Gasteiger partial charge in [-0.15, -0.1) is 0 Å². The molecule has 0 radical (unpaired) electrons. The lowest BCUT2D eigenvalue weighted by Crippen LogP contribution is -2.21. The smallest absolute Gasteiger partial charge is 0.261 e. The summed E-state index contributed by atoms with van der Waals surface area (Å²) in [4.78, 5) is 28.5. The number of rotatable bonds is 5. The molecule has 2 aromatic carbocycles. The van der Waals surface area contributed by atoms with Gasteiger partial charge in [-0.3, -0.25) is 14.2 Å². The van der Waals surface area contributed by atoms with Gasteiger partial charge in [-0.05, 0) is 36.8 Å². The van der Waals surface area contributed by atoms with Gasteiger partial charge in [0.15, 0.2) is 0 Å². The second-order valence-corrected chi connectivity index (χ2v) is 5.95. The predicted octanol–water partition coefficient (Wildman–Crippen LogP) is 3.61. The minimum atomic E-state index is -0.539. The van der Waals surface area contributed by atoms with E-state index in [0.29, 0.717) is 29.6 Å². The summed E-state index contributed by atoms with van der Waals surface area (Å²) >= 11 is 5.68. The molecule has 0 aliphatic rings. The highest BCUT2D eigenvalue weighted by Crippen LogP contribution is 2.19. The van der Waals surface area contributed by atoms with E-state index in [0.717, 1.165) is 0 Å². The number of amides is 1. The summed E-state index contributed by atoms with van der Waals surface area (Å²) in [6.45, 7) is 0.383. The Morgan fingerprint density at radius 3 is 2.84 bits per heavy atom. The number of nitrogens with zero attached hydrogens (tertiary/aromatic N) is 2. The molecule has 0 saturated carbocycles. The normalized spacial score (nSPS) is 10.8. The molecule has 1 amide bonds. The molecule has 7 heteroatoms. The molecule has 3 rings (SSSR count). The van der Waals surface area contributed by atoms with Crippen molar-refractivity contribution < 1.29 is 9.18 Å². The number of carbonyl (C=O) groups excluding carboxylic acids is 1. The van der Waals surface area contributed by atoms with Crippen molar-refractivity contribution in [2.75, 3.05) is 5.32 Å². The number of para-hydroxylation sites is 1. The molecule has 1 aromatic heterocycles. The zero-order chi connectivity index (χ0) is 17.8. The first-order valence-electron chi connectivity index (χ1n) is 7.73. The molecular weight excluding hydrogens is 345 g/mol. The molecule has 0 aliphatic carbocycles. The molecule has 0 saturated heterocycles. The molecule has 0 fully saturated rings. The van der Waals surface area contributed by atoms with Crippen LogP contribution in [0.15, 0.2) is 53.6 Å². The Balaban J connectivity index is 1.59. The SMILES string of the molecule is O=C(CCCn1cnc2ccccc2c1=O)Nc1ccc(F)c(Cl)c1. The van der Waals surface area contributed by atoms with Crippen molar-refractivity contribution in [1.29, 1.82) is 0 Å². The van der Waals surface area contributed by atoms with Gasteiger partial charge >= 0.3 is 0 Å². The van der Waals surface area contributed by atoms with Crippen molar-refractivity contribution in [2.24, 2.45) is 0 Å². The van der Waals surface area contributed by atoms with Crippen LogP contribution in [0.2, 0.25) is 5.02 Å². The molecule has 0 spiro atoms. The Morgan fingerprint density at radius 1 is 1.24 bits per heavy atom. The number of hydrogen-bond acceptors (Lipinski definition) is 3. The first-order chi connectivity index (χ1) is 12.0. The topological polar surface area (TPSA) is 64.0 Å². The second-order valence-electron chi connectivity index (χ2n) is 5.54. The van der Waals surface area contributed by atoms with Crippen molar-refractivity contribution in [3.8, 4) is 0 Å². The van der Waals surface area contributed by atoms with Crippen molar-refractivity contribution in [2.45, 2.75) is 19.4 Å². The molecule has 25 heavy (non-hydrogen) atoms. The minimum absolute atomic E-state index is 0.0495. The fourth-order valence-corrected chi connectivity index (χ4v) is 2.65. The highest BCUT2D eigenvalue weighted by molar-refractivity contribution is 6.31. The van der Waals surface area contributed by atoms with Crippen LogP contribution in [0.3, 0.4) is 0 Å². The summed E-state index contributed by atoms with van der Waals surface area (Å²) < 4.78 is 14.6. The van der Waals surface area contributed by atoms with E-state index in [9.17, 15) is 14.0 Å². The van der Waals surface area contributed by atoms with Gasteiger partial charge in [0.2, 0.25) is 5.91 Å². The van der Waals surface area contributed by atoms with Crippen LogP contribution in [0, 0.1) is 5.82 Å². The summed E-state index contributed by atoms with van der Waals surface area (Å²) in [6.07, 6.45) is 2.18. The average Bonchev–Trinajstić information content (AvgIpc) is 2.60. The van der Waals surface area contributed by atoms with Crippen molar-refractivity contribution in [3.63, 3.8) is 0 Å². The predicted molar refractivity (Wildman–Crippen MR) is 95.3 cm³/mol. The third-order valence-corrected chi connectivity index (χ3v) is 4.03. The van der Waals surface area contributed by atoms with Crippen LogP contribution < -0.4 is 10.9 Å². The fraction of sp³-hybridized carbons (Fsp3) is 0.167. The molecular formula is C18H15ClFN3O2. The zero-order valence-electron chi connectivity index (χ0n) is 13.2. The minimum Gasteiger partial charge on any atom is -0.326 e. The monoisotopic (exact) mass is 359 g/mol. The average molecular weight is 360 g/mol. The lowest BCUT2D eigenvalue weighted by Gasteiger charge is -2.08. The van der Waals surface area contributed by atoms with E-state index in [1.807, 2.05) is 6.07 Å². The molecule has 5 nitrogen and oxygen atoms in total. The van der Waals surface area contributed by atoms with Gasteiger partial charge < -0.3 is 5.32 Å². The summed E-state index contributed by atoms with van der Waals surface area (Å²) in [7, 11) is 0. The van der Waals surface area contributed by atoms with Crippen molar-refractivity contribution in [1.82, 2.24) is 9.55 Å². The Bertz CT molecular complexity index is 987. The van der Waals surface area contributed by atoms with Gasteiger partial charge in [0.05, 0.1) is 22.3 Å². The van der Waals surface area contributed by atoms with Gasteiger partial charge in [0, 0.05) is 18.7 Å². The maximum Gasteiger partial charge on any atom is 0.261 e. The number of halogens is 2. The van der Waals surface area contributed by atoms with Gasteiger partial charge in [-0.25, -0.2) is 9.37 Å². The van der Waals surface area contributed by atoms with Crippen LogP contribution in [0.5, 0.6) is 0 Å². The number of benzene rings is 2. The Kier molecular flexibility index (Phi) is 5.09. The van der Waals surface area contributed by atoms with Gasteiger partial charge in [0.1, 0.15) is 5.82 Å². The van der Waals surface area contributed by atoms with Crippen LogP contribution in [0.25, 0.3) is 10.9 Å². The standard InChI is InChI=1S/C18H15ClFN3O2/c19-14-10-12(7-8-15(14)20)22-17(24)6-3-9-23-11-21-16-5-2-1-4-13(16)18(23)25/h1-2,4-5,7-8,10-11H,3,6,9H2,(H,22,24). The van der Waals surface area contributed by atoms with E-state index in [2.05, 4.69) is 10.3 Å². The summed E-state index contributed by atoms with van der Waals surface area (Å²) in [5, 5.41) is 3.15. The van der Waals surface area contributed by atoms with E-state index in [1.54, 1.807) is 18.2 Å². The van der Waals surface area contributed by atoms with Gasteiger partial charge in [0.25, 0.3) is 5.56 Å². The van der Waals surface area contributed by atoms with Crippen molar-refractivity contribution in [3.05, 3.63) is 70.0 Å². The molecule has 0 aliphatic heterocycles. The van der Waals surface area contributed by atoms with Crippen molar-refractivity contribution >= 4 is 34.1 Å². The van der Waals surface area contributed by atoms with Crippen LogP contribution in [0.1, 0.15) is 12.8 Å². The molecule has 0 atom stereocenters. The maximum absolute atomic E-state index is 13.1. The maximum atomic E-state index is 13.1. The first-order valence-corrected chi connectivity index (χ1v) is 8.11. The molecule has 0 unspecified atom stereocenters. The summed E-state index contributed by atoms with van der Waals surface area (Å²) in [6, 6.07) is 11.1. The summed E-state index contributed by atoms with van der Waals surface area (Å²) in [5.41, 5.74) is 0.951. The molecule has 0 bridgehead atoms. The number of anilines is 1. The van der Waals surface area contributed by atoms with E-state index in [4.69, 9.17) is 11.6 Å². The number of aromatic nitrogens is 2. The number of hydrogen-bond donors (Lipinski definition) is 1. The molecule has 128 valence electrons. The fourth-order valence-electron chi connectivity index (χ4n) is 2.47. The second kappa shape index (κ2) is 7.44. The molecule has 3 aromatic rings. The lowest BCUT2D eigenvalue weighted by molar-refractivity contribution is -0.116. The van der Waals surface area contributed by atoms with E-state index >= 15 is 0 Å². The Labute approximate surface area is 148 Å². The quantitative estimate of drug-likeness (QED) is 0.757. The number of carbonyl (C=O) groups is 1. The van der Waals surface area contributed by atoms with Crippen LogP contribution >= 0.6 is 11.6 Å². The number of fused-ring (bicyclic) bond motifs is 1. The highest BCUT2D eigenvalue weighted by Gasteiger charge is 2.07. The van der Waals surface area contributed by atoms with Gasteiger partial charge in [-0.2, -0.15) is 0 Å². The molecule has 1 heterocycles. The first kappa shape index (κ1) is 17.1. The van der Waals surface area contributed by atoms with E-state index in [-0.39, 0.29) is 22.9 Å². The Hall–Kier alpha value is -2.73. The third kappa shape index (κ3) is 4.03. The zero-order valence-corrected chi connectivity index (χ0v) is 14.0. The third-order valence-electron chi connectivity index (χ3n) is 3.74. The van der Waals surface area contributed by atoms with E-state index < -0.39 is 5.82 Å². The lowest BCUT2D eigenvalue weighted by atomic mass is 10.2. The number of aryl methyl sites for hydroxylation is 1. The highest BCUT2D eigenvalue weighted by atomic mass is 35.5. The Morgan fingerprint density at radius 2 is 2.04 bits per heavy atom. The molecule has 1 N–H and O–H groups in total. The summed E-state index contributed by atoms with van der Waals surface area (Å²) in [5.74, 6) is -0.771. The van der Waals surface area contributed by atoms with E-state index in [1.165, 1.54) is 29.1 Å². The van der Waals surface area contributed by atoms with Gasteiger partial charge in [-0.1, -0.05) is 23.7 Å². The van der Waals surface area contributed by atoms with Crippen LogP contribution in [-0.4, -0.2) is 15.5 Å².